The van der Waals surface area contributed by atoms with E-state index in [2.05, 4.69) is 4.74 Å². The van der Waals surface area contributed by atoms with Crippen molar-refractivity contribution in [1.82, 2.24) is 4.90 Å². The number of ether oxygens (including phenoxy) is 2. The summed E-state index contributed by atoms with van der Waals surface area (Å²) in [5, 5.41) is 10.5. The normalized spacial score (nSPS) is 20.0. The van der Waals surface area contributed by atoms with Crippen LogP contribution in [0.1, 0.15) is 11.7 Å². The maximum absolute atomic E-state index is 12.3. The summed E-state index contributed by atoms with van der Waals surface area (Å²) >= 11 is 5.97. The molecule has 1 saturated heterocycles. The van der Waals surface area contributed by atoms with E-state index in [1.165, 1.54) is 12.0 Å². The lowest BCUT2D eigenvalue weighted by Gasteiger charge is -2.32. The molecule has 1 aromatic rings. The second-order valence-corrected chi connectivity index (χ2v) is 5.00. The fourth-order valence-electron chi connectivity index (χ4n) is 2.13. The number of nitrogens with zero attached hydrogens (tertiary/aromatic N) is 1. The van der Waals surface area contributed by atoms with Crippen LogP contribution in [0.25, 0.3) is 0 Å². The van der Waals surface area contributed by atoms with Crippen LogP contribution in [0.5, 0.6) is 0 Å². The van der Waals surface area contributed by atoms with Crippen LogP contribution in [0.3, 0.4) is 0 Å². The van der Waals surface area contributed by atoms with E-state index in [-0.39, 0.29) is 13.2 Å². The van der Waals surface area contributed by atoms with Crippen molar-refractivity contribution >= 4 is 23.5 Å². The van der Waals surface area contributed by atoms with Gasteiger partial charge in [-0.1, -0.05) is 29.8 Å². The first-order chi connectivity index (χ1) is 10.0. The van der Waals surface area contributed by atoms with E-state index in [1.807, 2.05) is 0 Å². The minimum Gasteiger partial charge on any atom is -0.467 e. The van der Waals surface area contributed by atoms with E-state index >= 15 is 0 Å². The Labute approximate surface area is 127 Å². The number of hydrogen-bond acceptors (Lipinski definition) is 5. The summed E-state index contributed by atoms with van der Waals surface area (Å²) in [5.74, 6) is -1.06. The summed E-state index contributed by atoms with van der Waals surface area (Å²) in [6.45, 7) is 0.557. The fraction of sp³-hybridized carbons (Fsp3) is 0.429. The van der Waals surface area contributed by atoms with Crippen LogP contribution in [0.15, 0.2) is 24.3 Å². The maximum atomic E-state index is 12.3. The molecule has 1 aliphatic heterocycles. The zero-order valence-electron chi connectivity index (χ0n) is 11.5. The Balaban J connectivity index is 2.09. The molecule has 0 saturated carbocycles. The van der Waals surface area contributed by atoms with Crippen LogP contribution in [-0.2, 0) is 19.1 Å². The standard InChI is InChI=1S/C14H16ClNO5/c1-20-14(19)11-8-16(6-7-21-11)13(18)12(17)9-4-2-3-5-10(9)15/h2-5,11-12,17H,6-8H2,1H3/t11?,12-/m1/s1. The average molecular weight is 314 g/mol. The first-order valence-electron chi connectivity index (χ1n) is 6.45. The third-order valence-corrected chi connectivity index (χ3v) is 3.62. The van der Waals surface area contributed by atoms with E-state index in [1.54, 1.807) is 24.3 Å². The molecule has 0 aromatic heterocycles. The first kappa shape index (κ1) is 15.8. The molecule has 114 valence electrons. The van der Waals surface area contributed by atoms with Crippen LogP contribution in [0, 0.1) is 0 Å². The second-order valence-electron chi connectivity index (χ2n) is 4.59. The predicted octanol–water partition coefficient (Wildman–Crippen LogP) is 0.774. The van der Waals surface area contributed by atoms with Crippen LogP contribution in [0.4, 0.5) is 0 Å². The van der Waals surface area contributed by atoms with Crippen LogP contribution >= 0.6 is 11.6 Å². The molecular formula is C14H16ClNO5. The molecule has 0 spiro atoms. The first-order valence-corrected chi connectivity index (χ1v) is 6.83. The van der Waals surface area contributed by atoms with Gasteiger partial charge in [-0.15, -0.1) is 0 Å². The smallest absolute Gasteiger partial charge is 0.336 e. The number of carbonyl (C=O) groups is 2. The number of carbonyl (C=O) groups excluding carboxylic acids is 2. The molecule has 1 unspecified atom stereocenters. The number of esters is 1. The molecule has 7 heteroatoms. The molecule has 0 radical (unpaired) electrons. The molecule has 0 bridgehead atoms. The molecule has 1 fully saturated rings. The number of aliphatic hydroxyl groups is 1. The van der Waals surface area contributed by atoms with Gasteiger partial charge < -0.3 is 19.5 Å². The zero-order valence-corrected chi connectivity index (χ0v) is 12.2. The van der Waals surface area contributed by atoms with Crippen molar-refractivity contribution in [3.63, 3.8) is 0 Å². The third-order valence-electron chi connectivity index (χ3n) is 3.28. The Morgan fingerprint density at radius 2 is 2.19 bits per heavy atom. The zero-order chi connectivity index (χ0) is 15.4. The van der Waals surface area contributed by atoms with Crippen molar-refractivity contribution in [2.45, 2.75) is 12.2 Å². The lowest BCUT2D eigenvalue weighted by molar-refractivity contribution is -0.164. The molecule has 1 aliphatic rings. The molecule has 2 rings (SSSR count). The molecule has 1 amide bonds. The van der Waals surface area contributed by atoms with E-state index in [0.29, 0.717) is 17.1 Å². The van der Waals surface area contributed by atoms with E-state index in [4.69, 9.17) is 16.3 Å². The SMILES string of the molecule is COC(=O)C1CN(C(=O)[C@H](O)c2ccccc2Cl)CCO1. The third kappa shape index (κ3) is 3.53. The highest BCUT2D eigenvalue weighted by atomic mass is 35.5. The summed E-state index contributed by atoms with van der Waals surface area (Å²) in [5.41, 5.74) is 0.338. The number of hydrogen-bond donors (Lipinski definition) is 1. The van der Waals surface area contributed by atoms with E-state index in [9.17, 15) is 14.7 Å². The second kappa shape index (κ2) is 6.89. The van der Waals surface area contributed by atoms with Gasteiger partial charge in [-0.3, -0.25) is 4.79 Å². The lowest BCUT2D eigenvalue weighted by atomic mass is 10.1. The Kier molecular flexibility index (Phi) is 5.17. The van der Waals surface area contributed by atoms with Gasteiger partial charge in [-0.05, 0) is 6.07 Å². The van der Waals surface area contributed by atoms with Crippen LogP contribution < -0.4 is 0 Å². The number of amides is 1. The quantitative estimate of drug-likeness (QED) is 0.834. The van der Waals surface area contributed by atoms with Crippen molar-refractivity contribution in [3.8, 4) is 0 Å². The molecule has 21 heavy (non-hydrogen) atoms. The predicted molar refractivity (Wildman–Crippen MR) is 74.7 cm³/mol. The lowest BCUT2D eigenvalue weighted by Crippen LogP contribution is -2.50. The van der Waals surface area contributed by atoms with Crippen molar-refractivity contribution in [2.24, 2.45) is 0 Å². The number of benzene rings is 1. The summed E-state index contributed by atoms with van der Waals surface area (Å²) in [6, 6.07) is 6.59. The fourth-order valence-corrected chi connectivity index (χ4v) is 2.37. The van der Waals surface area contributed by atoms with Crippen molar-refractivity contribution in [1.29, 1.82) is 0 Å². The number of aliphatic hydroxyl groups excluding tert-OH is 1. The minimum absolute atomic E-state index is 0.0486. The molecule has 6 nitrogen and oxygen atoms in total. The van der Waals surface area contributed by atoms with Gasteiger partial charge >= 0.3 is 5.97 Å². The van der Waals surface area contributed by atoms with Crippen LogP contribution in [0.2, 0.25) is 5.02 Å². The molecule has 1 aromatic carbocycles. The summed E-state index contributed by atoms with van der Waals surface area (Å²) in [7, 11) is 1.26. The Morgan fingerprint density at radius 1 is 1.48 bits per heavy atom. The number of rotatable bonds is 3. The van der Waals surface area contributed by atoms with Gasteiger partial charge in [0.2, 0.25) is 0 Å². The molecule has 0 aliphatic carbocycles. The van der Waals surface area contributed by atoms with Gasteiger partial charge in [0, 0.05) is 17.1 Å². The monoisotopic (exact) mass is 313 g/mol. The Bertz CT molecular complexity index is 536. The summed E-state index contributed by atoms with van der Waals surface area (Å²) in [6.07, 6.45) is -2.19. The highest BCUT2D eigenvalue weighted by Gasteiger charge is 2.33. The molecular weight excluding hydrogens is 298 g/mol. The van der Waals surface area contributed by atoms with Gasteiger partial charge in [0.15, 0.2) is 12.2 Å². The molecule has 2 atom stereocenters. The number of methoxy groups -OCH3 is 1. The van der Waals surface area contributed by atoms with Gasteiger partial charge in [0.25, 0.3) is 5.91 Å². The molecule has 1 N–H and O–H groups in total. The van der Waals surface area contributed by atoms with Gasteiger partial charge in [-0.2, -0.15) is 0 Å². The molecule has 1 heterocycles. The average Bonchev–Trinajstić information content (AvgIpc) is 2.53. The summed E-state index contributed by atoms with van der Waals surface area (Å²) < 4.78 is 9.84. The van der Waals surface area contributed by atoms with E-state index in [0.717, 1.165) is 0 Å². The topological polar surface area (TPSA) is 76.1 Å². The minimum atomic E-state index is -1.37. The highest BCUT2D eigenvalue weighted by Crippen LogP contribution is 2.24. The Morgan fingerprint density at radius 3 is 2.86 bits per heavy atom. The van der Waals surface area contributed by atoms with Gasteiger partial charge in [0.05, 0.1) is 20.3 Å². The van der Waals surface area contributed by atoms with Crippen molar-refractivity contribution in [3.05, 3.63) is 34.9 Å². The largest absolute Gasteiger partial charge is 0.467 e. The highest BCUT2D eigenvalue weighted by molar-refractivity contribution is 6.31. The Hall–Kier alpha value is -1.63. The maximum Gasteiger partial charge on any atom is 0.336 e. The van der Waals surface area contributed by atoms with Gasteiger partial charge in [-0.25, -0.2) is 4.79 Å². The van der Waals surface area contributed by atoms with Gasteiger partial charge in [0.1, 0.15) is 0 Å². The van der Waals surface area contributed by atoms with Crippen LogP contribution in [-0.4, -0.2) is 54.8 Å². The van der Waals surface area contributed by atoms with Crippen molar-refractivity contribution in [2.75, 3.05) is 26.8 Å². The number of morpholine rings is 1. The van der Waals surface area contributed by atoms with Crippen molar-refractivity contribution < 1.29 is 24.2 Å². The van der Waals surface area contributed by atoms with E-state index < -0.39 is 24.1 Å². The number of halogens is 1. The summed E-state index contributed by atoms with van der Waals surface area (Å²) in [4.78, 5) is 25.2.